The van der Waals surface area contributed by atoms with E-state index < -0.39 is 12.6 Å². The highest BCUT2D eigenvalue weighted by atomic mass is 35.5. The van der Waals surface area contributed by atoms with Crippen molar-refractivity contribution in [2.75, 3.05) is 11.9 Å². The van der Waals surface area contributed by atoms with E-state index in [1.54, 1.807) is 36.4 Å². The summed E-state index contributed by atoms with van der Waals surface area (Å²) in [5.74, 6) is -1.05. The molecule has 5 nitrogen and oxygen atoms in total. The average Bonchev–Trinajstić information content (AvgIpc) is 2.49. The lowest BCUT2D eigenvalue weighted by Crippen LogP contribution is -2.13. The van der Waals surface area contributed by atoms with Crippen molar-refractivity contribution in [2.45, 2.75) is 13.8 Å². The molecule has 0 saturated heterocycles. The Morgan fingerprint density at radius 3 is 2.57 bits per heavy atom. The van der Waals surface area contributed by atoms with Crippen LogP contribution in [0.15, 0.2) is 36.4 Å². The van der Waals surface area contributed by atoms with Crippen LogP contribution in [-0.2, 0) is 4.79 Å². The summed E-state index contributed by atoms with van der Waals surface area (Å²) in [6, 6.07) is 9.99. The molecule has 0 aliphatic carbocycles. The number of benzene rings is 2. The first-order valence-corrected chi connectivity index (χ1v) is 7.27. The van der Waals surface area contributed by atoms with Crippen molar-refractivity contribution in [3.05, 3.63) is 58.1 Å². The molecule has 0 radical (unpaired) electrons. The number of aryl methyl sites for hydroxylation is 2. The maximum atomic E-state index is 12.3. The van der Waals surface area contributed by atoms with Crippen molar-refractivity contribution in [2.24, 2.45) is 0 Å². The van der Waals surface area contributed by atoms with E-state index in [-0.39, 0.29) is 5.91 Å². The van der Waals surface area contributed by atoms with Gasteiger partial charge in [-0.2, -0.15) is 0 Å². The van der Waals surface area contributed by atoms with Crippen LogP contribution in [0.4, 0.5) is 5.69 Å². The van der Waals surface area contributed by atoms with Gasteiger partial charge in [-0.3, -0.25) is 4.79 Å². The van der Waals surface area contributed by atoms with Gasteiger partial charge >= 0.3 is 5.97 Å². The lowest BCUT2D eigenvalue weighted by molar-refractivity contribution is -0.139. The first-order chi connectivity index (χ1) is 10.9. The molecule has 0 spiro atoms. The minimum absolute atomic E-state index is 0.339. The van der Waals surface area contributed by atoms with Crippen molar-refractivity contribution in [1.29, 1.82) is 0 Å². The van der Waals surface area contributed by atoms with Gasteiger partial charge in [-0.05, 0) is 49.2 Å². The molecule has 0 aliphatic rings. The molecule has 0 atom stereocenters. The molecule has 2 rings (SSSR count). The maximum Gasteiger partial charge on any atom is 0.341 e. The normalized spacial score (nSPS) is 10.2. The molecule has 0 bridgehead atoms. The number of aliphatic carboxylic acids is 1. The number of rotatable bonds is 5. The highest BCUT2D eigenvalue weighted by Crippen LogP contribution is 2.23. The molecular weight excluding hydrogens is 318 g/mol. The van der Waals surface area contributed by atoms with Crippen molar-refractivity contribution < 1.29 is 19.4 Å². The Kier molecular flexibility index (Phi) is 5.24. The maximum absolute atomic E-state index is 12.3. The zero-order valence-electron chi connectivity index (χ0n) is 12.7. The third-order valence-corrected chi connectivity index (χ3v) is 3.59. The molecule has 2 aromatic rings. The topological polar surface area (TPSA) is 75.6 Å². The lowest BCUT2D eigenvalue weighted by atomic mass is 10.1. The largest absolute Gasteiger partial charge is 0.482 e. The molecule has 0 aromatic heterocycles. The lowest BCUT2D eigenvalue weighted by Gasteiger charge is -2.10. The third-order valence-electron chi connectivity index (χ3n) is 3.28. The summed E-state index contributed by atoms with van der Waals surface area (Å²) < 4.78 is 5.08. The zero-order valence-corrected chi connectivity index (χ0v) is 13.5. The number of carboxylic acid groups (broad SMARTS) is 1. The van der Waals surface area contributed by atoms with E-state index in [0.717, 1.165) is 11.1 Å². The van der Waals surface area contributed by atoms with Crippen molar-refractivity contribution in [3.8, 4) is 5.75 Å². The molecule has 0 fully saturated rings. The van der Waals surface area contributed by atoms with Crippen LogP contribution in [0, 0.1) is 13.8 Å². The number of carbonyl (C=O) groups excluding carboxylic acids is 1. The van der Waals surface area contributed by atoms with Crippen LogP contribution >= 0.6 is 11.6 Å². The fourth-order valence-electron chi connectivity index (χ4n) is 1.96. The monoisotopic (exact) mass is 333 g/mol. The Balaban J connectivity index is 2.16. The molecule has 0 heterocycles. The number of amides is 1. The van der Waals surface area contributed by atoms with Crippen LogP contribution in [0.1, 0.15) is 21.5 Å². The quantitative estimate of drug-likeness (QED) is 0.875. The predicted molar refractivity (Wildman–Crippen MR) is 88.5 cm³/mol. The van der Waals surface area contributed by atoms with Crippen LogP contribution in [0.3, 0.4) is 0 Å². The van der Waals surface area contributed by atoms with Gasteiger partial charge < -0.3 is 15.2 Å². The molecule has 2 aromatic carbocycles. The van der Waals surface area contributed by atoms with Crippen LogP contribution in [0.5, 0.6) is 5.75 Å². The summed E-state index contributed by atoms with van der Waals surface area (Å²) in [5, 5.41) is 11.7. The van der Waals surface area contributed by atoms with Crippen LogP contribution in [0.2, 0.25) is 5.02 Å². The van der Waals surface area contributed by atoms with E-state index in [4.69, 9.17) is 21.4 Å². The van der Waals surface area contributed by atoms with Gasteiger partial charge in [0.05, 0.1) is 10.6 Å². The van der Waals surface area contributed by atoms with Gasteiger partial charge in [0, 0.05) is 11.8 Å². The first kappa shape index (κ1) is 16.8. The molecule has 23 heavy (non-hydrogen) atoms. The van der Waals surface area contributed by atoms with Crippen molar-refractivity contribution in [1.82, 2.24) is 0 Å². The van der Waals surface area contributed by atoms with Crippen LogP contribution in [-0.4, -0.2) is 23.6 Å². The Labute approximate surface area is 138 Å². The molecule has 0 aliphatic heterocycles. The highest BCUT2D eigenvalue weighted by molar-refractivity contribution is 6.34. The number of hydrogen-bond acceptors (Lipinski definition) is 3. The van der Waals surface area contributed by atoms with Crippen molar-refractivity contribution in [3.63, 3.8) is 0 Å². The fraction of sp³-hybridized carbons (Fsp3) is 0.176. The van der Waals surface area contributed by atoms with E-state index >= 15 is 0 Å². The van der Waals surface area contributed by atoms with Crippen LogP contribution in [0.25, 0.3) is 0 Å². The molecule has 120 valence electrons. The zero-order chi connectivity index (χ0) is 17.0. The molecular formula is C17H16ClNO4. The second-order valence-electron chi connectivity index (χ2n) is 5.08. The molecule has 6 heteroatoms. The van der Waals surface area contributed by atoms with Gasteiger partial charge in [0.15, 0.2) is 6.61 Å². The standard InChI is InChI=1S/C17H16ClNO4/c1-10-6-14(15(18)7-11(10)2)17(22)19-12-4-3-5-13(8-12)23-9-16(20)21/h3-8H,9H2,1-2H3,(H,19,22)(H,20,21). The highest BCUT2D eigenvalue weighted by Gasteiger charge is 2.12. The van der Waals surface area contributed by atoms with E-state index in [0.29, 0.717) is 22.0 Å². The summed E-state index contributed by atoms with van der Waals surface area (Å²) in [5.41, 5.74) is 2.85. The minimum Gasteiger partial charge on any atom is -0.482 e. The Morgan fingerprint density at radius 1 is 1.17 bits per heavy atom. The van der Waals surface area contributed by atoms with E-state index in [1.807, 2.05) is 13.8 Å². The van der Waals surface area contributed by atoms with Crippen LogP contribution < -0.4 is 10.1 Å². The number of anilines is 1. The van der Waals surface area contributed by atoms with Gasteiger partial charge in [0.2, 0.25) is 0 Å². The average molecular weight is 334 g/mol. The molecule has 0 unspecified atom stereocenters. The molecule has 1 amide bonds. The number of carboxylic acids is 1. The van der Waals surface area contributed by atoms with Gasteiger partial charge in [0.1, 0.15) is 5.75 Å². The van der Waals surface area contributed by atoms with Crippen molar-refractivity contribution >= 4 is 29.2 Å². The smallest absolute Gasteiger partial charge is 0.341 e. The number of hydrogen-bond donors (Lipinski definition) is 2. The summed E-state index contributed by atoms with van der Waals surface area (Å²) in [7, 11) is 0. The Hall–Kier alpha value is -2.53. The first-order valence-electron chi connectivity index (χ1n) is 6.89. The molecule has 0 saturated carbocycles. The summed E-state index contributed by atoms with van der Waals surface area (Å²) in [4.78, 5) is 22.9. The Morgan fingerprint density at radius 2 is 1.87 bits per heavy atom. The number of halogens is 1. The van der Waals surface area contributed by atoms with E-state index in [9.17, 15) is 9.59 Å². The third kappa shape index (κ3) is 4.47. The second-order valence-corrected chi connectivity index (χ2v) is 5.49. The minimum atomic E-state index is -1.07. The molecule has 2 N–H and O–H groups in total. The number of ether oxygens (including phenoxy) is 1. The van der Waals surface area contributed by atoms with Gasteiger partial charge in [-0.25, -0.2) is 4.79 Å². The predicted octanol–water partition coefficient (Wildman–Crippen LogP) is 3.67. The number of carbonyl (C=O) groups is 2. The fourth-order valence-corrected chi connectivity index (χ4v) is 2.27. The summed E-state index contributed by atoms with van der Waals surface area (Å²) in [6.45, 7) is 3.38. The summed E-state index contributed by atoms with van der Waals surface area (Å²) in [6.07, 6.45) is 0. The summed E-state index contributed by atoms with van der Waals surface area (Å²) >= 11 is 6.13. The van der Waals surface area contributed by atoms with E-state index in [1.165, 1.54) is 0 Å². The second kappa shape index (κ2) is 7.15. The van der Waals surface area contributed by atoms with E-state index in [2.05, 4.69) is 5.32 Å². The van der Waals surface area contributed by atoms with Gasteiger partial charge in [-0.1, -0.05) is 17.7 Å². The number of nitrogens with one attached hydrogen (secondary N) is 1. The van der Waals surface area contributed by atoms with Gasteiger partial charge in [0.25, 0.3) is 5.91 Å². The Bertz CT molecular complexity index is 758. The van der Waals surface area contributed by atoms with Gasteiger partial charge in [-0.15, -0.1) is 0 Å². The SMILES string of the molecule is Cc1cc(Cl)c(C(=O)Nc2cccc(OCC(=O)O)c2)cc1C.